The Morgan fingerprint density at radius 3 is 1.68 bits per heavy atom. The van der Waals surface area contributed by atoms with Crippen LogP contribution in [0.2, 0.25) is 0 Å². The van der Waals surface area contributed by atoms with Gasteiger partial charge in [-0.2, -0.15) is 0 Å². The molecule has 4 heteroatoms. The Labute approximate surface area is 187 Å². The zero-order chi connectivity index (χ0) is 21.6. The summed E-state index contributed by atoms with van der Waals surface area (Å²) in [5, 5.41) is 0.709. The Morgan fingerprint density at radius 1 is 0.677 bits per heavy atom. The molecule has 0 aliphatic carbocycles. The van der Waals surface area contributed by atoms with Crippen LogP contribution in [0.15, 0.2) is 102 Å². The quantitative estimate of drug-likeness (QED) is 0.313. The van der Waals surface area contributed by atoms with Crippen LogP contribution in [0.5, 0.6) is 0 Å². The minimum atomic E-state index is 0.638. The summed E-state index contributed by atoms with van der Waals surface area (Å²) < 4.78 is 0. The van der Waals surface area contributed by atoms with Crippen LogP contribution in [0.1, 0.15) is 19.4 Å². The molecule has 1 aromatic heterocycles. The van der Waals surface area contributed by atoms with Gasteiger partial charge in [0, 0.05) is 21.7 Å². The topological polar surface area (TPSA) is 38.7 Å². The first-order valence-corrected chi connectivity index (χ1v) is 10.5. The largest absolute Gasteiger partial charge is 0.208 e. The van der Waals surface area contributed by atoms with E-state index in [0.29, 0.717) is 22.5 Å². The lowest BCUT2D eigenvalue weighted by Crippen LogP contribution is -2.00. The Balaban J connectivity index is 1.85. The summed E-state index contributed by atoms with van der Waals surface area (Å²) in [6.07, 6.45) is 3.83. The Bertz CT molecular complexity index is 1190. The van der Waals surface area contributed by atoms with Crippen molar-refractivity contribution in [2.24, 2.45) is 0 Å². The second-order valence-corrected chi connectivity index (χ2v) is 7.56. The molecule has 0 bridgehead atoms. The predicted octanol–water partition coefficient (Wildman–Crippen LogP) is 7.42. The average Bonchev–Trinajstić information content (AvgIpc) is 2.84. The van der Waals surface area contributed by atoms with E-state index in [1.165, 1.54) is 0 Å². The highest BCUT2D eigenvalue weighted by Gasteiger charge is 2.12. The van der Waals surface area contributed by atoms with Gasteiger partial charge in [0.05, 0.1) is 0 Å². The summed E-state index contributed by atoms with van der Waals surface area (Å²) in [5.41, 5.74) is 4.98. The van der Waals surface area contributed by atoms with Gasteiger partial charge in [0.2, 0.25) is 0 Å². The normalized spacial score (nSPS) is 12.1. The van der Waals surface area contributed by atoms with Crippen LogP contribution in [0.25, 0.3) is 39.7 Å². The monoisotopic (exact) mass is 423 g/mol. The van der Waals surface area contributed by atoms with Crippen molar-refractivity contribution in [3.8, 4) is 34.2 Å². The summed E-state index contributed by atoms with van der Waals surface area (Å²) in [4.78, 5) is 14.3. The lowest BCUT2D eigenvalue weighted by atomic mass is 10.0. The molecule has 0 atom stereocenters. The van der Waals surface area contributed by atoms with Crippen LogP contribution in [0.4, 0.5) is 0 Å². The first-order chi connectivity index (χ1) is 15.1. The van der Waals surface area contributed by atoms with Crippen molar-refractivity contribution in [2.75, 3.05) is 0 Å². The SMILES string of the molecule is C/C=C(Cl)\C=C(/C)c1cccc(-c2nc(-c3ccccc3)nc(-c3ccccc3)n2)c1. The lowest BCUT2D eigenvalue weighted by Gasteiger charge is -2.09. The van der Waals surface area contributed by atoms with Gasteiger partial charge >= 0.3 is 0 Å². The Hall–Kier alpha value is -3.56. The third-order valence-electron chi connectivity index (χ3n) is 4.91. The van der Waals surface area contributed by atoms with Crippen LogP contribution in [0.3, 0.4) is 0 Å². The molecule has 1 heterocycles. The summed E-state index contributed by atoms with van der Waals surface area (Å²) in [7, 11) is 0. The fourth-order valence-electron chi connectivity index (χ4n) is 3.21. The maximum Gasteiger partial charge on any atom is 0.164 e. The highest BCUT2D eigenvalue weighted by atomic mass is 35.5. The zero-order valence-corrected chi connectivity index (χ0v) is 18.2. The molecule has 0 saturated carbocycles. The van der Waals surface area contributed by atoms with E-state index in [0.717, 1.165) is 27.8 Å². The van der Waals surface area contributed by atoms with Gasteiger partial charge in [0.25, 0.3) is 0 Å². The number of aromatic nitrogens is 3. The third-order valence-corrected chi connectivity index (χ3v) is 5.23. The Kier molecular flexibility index (Phi) is 6.34. The van der Waals surface area contributed by atoms with Crippen molar-refractivity contribution in [3.05, 3.63) is 108 Å². The number of hydrogen-bond acceptors (Lipinski definition) is 3. The van der Waals surface area contributed by atoms with E-state index >= 15 is 0 Å². The molecular formula is C27H22ClN3. The number of benzene rings is 3. The fraction of sp³-hybridized carbons (Fsp3) is 0.0741. The van der Waals surface area contributed by atoms with Gasteiger partial charge in [0.1, 0.15) is 0 Å². The maximum absolute atomic E-state index is 6.20. The first-order valence-electron chi connectivity index (χ1n) is 10.1. The molecule has 3 nitrogen and oxygen atoms in total. The van der Waals surface area contributed by atoms with Gasteiger partial charge in [-0.3, -0.25) is 0 Å². The molecule has 0 spiro atoms. The highest BCUT2D eigenvalue weighted by molar-refractivity contribution is 6.31. The Morgan fingerprint density at radius 2 is 1.16 bits per heavy atom. The molecule has 31 heavy (non-hydrogen) atoms. The molecule has 4 aromatic rings. The summed E-state index contributed by atoms with van der Waals surface area (Å²) in [6.45, 7) is 3.97. The van der Waals surface area contributed by atoms with Gasteiger partial charge in [-0.1, -0.05) is 96.5 Å². The van der Waals surface area contributed by atoms with E-state index in [-0.39, 0.29) is 0 Å². The predicted molar refractivity (Wildman–Crippen MR) is 129 cm³/mol. The third kappa shape index (κ3) is 4.96. The van der Waals surface area contributed by atoms with Gasteiger partial charge in [-0.25, -0.2) is 15.0 Å². The van der Waals surface area contributed by atoms with E-state index in [1.54, 1.807) is 0 Å². The van der Waals surface area contributed by atoms with Crippen LogP contribution in [0, 0.1) is 0 Å². The van der Waals surface area contributed by atoms with E-state index < -0.39 is 0 Å². The molecule has 0 aliphatic rings. The molecule has 0 unspecified atom stereocenters. The lowest BCUT2D eigenvalue weighted by molar-refractivity contribution is 1.07. The van der Waals surface area contributed by atoms with E-state index in [4.69, 9.17) is 26.6 Å². The summed E-state index contributed by atoms with van der Waals surface area (Å²) in [5.74, 6) is 1.94. The minimum Gasteiger partial charge on any atom is -0.208 e. The molecule has 4 rings (SSSR count). The number of nitrogens with zero attached hydrogens (tertiary/aromatic N) is 3. The van der Waals surface area contributed by atoms with Crippen molar-refractivity contribution in [1.29, 1.82) is 0 Å². The van der Waals surface area contributed by atoms with Crippen LogP contribution in [-0.4, -0.2) is 15.0 Å². The molecule has 0 N–H and O–H groups in total. The van der Waals surface area contributed by atoms with E-state index in [9.17, 15) is 0 Å². The number of rotatable bonds is 5. The van der Waals surface area contributed by atoms with Crippen molar-refractivity contribution < 1.29 is 0 Å². The van der Waals surface area contributed by atoms with Crippen LogP contribution in [-0.2, 0) is 0 Å². The van der Waals surface area contributed by atoms with Gasteiger partial charge < -0.3 is 0 Å². The van der Waals surface area contributed by atoms with Crippen molar-refractivity contribution in [2.45, 2.75) is 13.8 Å². The molecule has 0 amide bonds. The smallest absolute Gasteiger partial charge is 0.164 e. The molecule has 152 valence electrons. The number of halogens is 1. The second kappa shape index (κ2) is 9.50. The molecular weight excluding hydrogens is 402 g/mol. The standard InChI is InChI=1S/C27H22ClN3/c1-3-24(28)17-19(2)22-15-10-16-23(18-22)27-30-25(20-11-6-4-7-12-20)29-26(31-27)21-13-8-5-9-14-21/h3-18H,1-2H3/b19-17+,24-3+. The number of allylic oxidation sites excluding steroid dienone is 4. The maximum atomic E-state index is 6.20. The van der Waals surface area contributed by atoms with Crippen LogP contribution < -0.4 is 0 Å². The van der Waals surface area contributed by atoms with E-state index in [2.05, 4.69) is 12.1 Å². The minimum absolute atomic E-state index is 0.638. The molecule has 0 aliphatic heterocycles. The molecule has 0 fully saturated rings. The van der Waals surface area contributed by atoms with Crippen LogP contribution >= 0.6 is 11.6 Å². The van der Waals surface area contributed by atoms with Gasteiger partial charge in [0.15, 0.2) is 17.5 Å². The highest BCUT2D eigenvalue weighted by Crippen LogP contribution is 2.27. The molecule has 0 radical (unpaired) electrons. The van der Waals surface area contributed by atoms with Crippen molar-refractivity contribution >= 4 is 17.2 Å². The first kappa shape index (κ1) is 20.7. The van der Waals surface area contributed by atoms with Gasteiger partial charge in [-0.05, 0) is 37.1 Å². The van der Waals surface area contributed by atoms with Crippen molar-refractivity contribution in [1.82, 2.24) is 15.0 Å². The average molecular weight is 424 g/mol. The fourth-order valence-corrected chi connectivity index (χ4v) is 3.38. The zero-order valence-electron chi connectivity index (χ0n) is 17.5. The second-order valence-electron chi connectivity index (χ2n) is 7.12. The van der Waals surface area contributed by atoms with Crippen molar-refractivity contribution in [3.63, 3.8) is 0 Å². The molecule has 3 aromatic carbocycles. The summed E-state index contributed by atoms with van der Waals surface area (Å²) >= 11 is 6.20. The summed E-state index contributed by atoms with van der Waals surface area (Å²) in [6, 6.07) is 28.1. The van der Waals surface area contributed by atoms with E-state index in [1.807, 2.05) is 98.8 Å². The number of hydrogen-bond donors (Lipinski definition) is 0. The van der Waals surface area contributed by atoms with Gasteiger partial charge in [-0.15, -0.1) is 0 Å². The molecule has 0 saturated heterocycles.